The van der Waals surface area contributed by atoms with Crippen molar-refractivity contribution in [3.63, 3.8) is 0 Å². The molecule has 31 heavy (non-hydrogen) atoms. The van der Waals surface area contributed by atoms with Gasteiger partial charge >= 0.3 is 0 Å². The highest BCUT2D eigenvalue weighted by molar-refractivity contribution is 6.32. The third kappa shape index (κ3) is 6.48. The monoisotopic (exact) mass is 468 g/mol. The maximum absolute atomic E-state index is 14.0. The normalized spacial score (nSPS) is 13.7. The molecule has 1 amide bonds. The summed E-state index contributed by atoms with van der Waals surface area (Å²) in [4.78, 5) is 13.6. The molecule has 1 heterocycles. The molecule has 1 aliphatic rings. The van der Waals surface area contributed by atoms with Crippen molar-refractivity contribution >= 4 is 29.1 Å². The van der Waals surface area contributed by atoms with Crippen LogP contribution < -0.4 is 14.8 Å². The van der Waals surface area contributed by atoms with Gasteiger partial charge in [0, 0.05) is 31.6 Å². The number of halogens is 3. The van der Waals surface area contributed by atoms with Crippen LogP contribution in [0.4, 0.5) is 4.39 Å². The van der Waals surface area contributed by atoms with Crippen LogP contribution in [-0.2, 0) is 17.9 Å². The average molecular weight is 469 g/mol. The van der Waals surface area contributed by atoms with E-state index < -0.39 is 5.82 Å². The van der Waals surface area contributed by atoms with Crippen LogP contribution in [0.25, 0.3) is 0 Å². The largest absolute Gasteiger partial charge is 0.490 e. The number of amides is 1. The number of nitrogens with zero attached hydrogens (tertiary/aromatic N) is 1. The molecule has 168 valence electrons. The number of likely N-dealkylation sites (tertiary alicyclic amines) is 1. The molecule has 1 saturated heterocycles. The molecular formula is C23H27Cl2FN2O3. The topological polar surface area (TPSA) is 50.8 Å². The first-order valence-electron chi connectivity index (χ1n) is 10.5. The van der Waals surface area contributed by atoms with Gasteiger partial charge in [0.2, 0.25) is 5.91 Å². The second kappa shape index (κ2) is 11.6. The summed E-state index contributed by atoms with van der Waals surface area (Å²) >= 11 is 12.5. The van der Waals surface area contributed by atoms with E-state index in [0.29, 0.717) is 41.1 Å². The van der Waals surface area contributed by atoms with Crippen molar-refractivity contribution in [1.82, 2.24) is 10.2 Å². The number of hydrogen-bond donors (Lipinski definition) is 1. The summed E-state index contributed by atoms with van der Waals surface area (Å²) in [6.45, 7) is 5.29. The van der Waals surface area contributed by atoms with Crippen LogP contribution >= 0.6 is 23.2 Å². The molecule has 5 nitrogen and oxygen atoms in total. The summed E-state index contributed by atoms with van der Waals surface area (Å²) in [5.74, 6) is 0.680. The minimum atomic E-state index is -0.432. The van der Waals surface area contributed by atoms with Gasteiger partial charge in [0.05, 0.1) is 16.7 Å². The van der Waals surface area contributed by atoms with E-state index >= 15 is 0 Å². The van der Waals surface area contributed by atoms with E-state index in [-0.39, 0.29) is 18.1 Å². The molecule has 1 fully saturated rings. The van der Waals surface area contributed by atoms with Crippen LogP contribution in [0.3, 0.4) is 0 Å². The first-order valence-corrected chi connectivity index (χ1v) is 11.2. The van der Waals surface area contributed by atoms with Crippen molar-refractivity contribution in [3.8, 4) is 11.5 Å². The molecule has 0 saturated carbocycles. The smallest absolute Gasteiger partial charge is 0.222 e. The Bertz CT molecular complexity index is 890. The summed E-state index contributed by atoms with van der Waals surface area (Å²) < 4.78 is 25.5. The molecule has 8 heteroatoms. The molecule has 3 rings (SSSR count). The van der Waals surface area contributed by atoms with E-state index in [9.17, 15) is 9.18 Å². The van der Waals surface area contributed by atoms with Crippen LogP contribution in [0.5, 0.6) is 11.5 Å². The highest BCUT2D eigenvalue weighted by Crippen LogP contribution is 2.37. The van der Waals surface area contributed by atoms with Crippen LogP contribution in [0, 0.1) is 5.82 Å². The fourth-order valence-electron chi connectivity index (χ4n) is 3.51. The van der Waals surface area contributed by atoms with Crippen molar-refractivity contribution in [2.45, 2.75) is 39.3 Å². The zero-order valence-electron chi connectivity index (χ0n) is 17.6. The predicted octanol–water partition coefficient (Wildman–Crippen LogP) is 5.21. The van der Waals surface area contributed by atoms with Gasteiger partial charge in [-0.3, -0.25) is 4.79 Å². The third-order valence-corrected chi connectivity index (χ3v) is 5.71. The lowest BCUT2D eigenvalue weighted by Gasteiger charge is -2.17. The highest BCUT2D eigenvalue weighted by Gasteiger charge is 2.19. The fraction of sp³-hybridized carbons (Fsp3) is 0.435. The Labute approximate surface area is 192 Å². The third-order valence-electron chi connectivity index (χ3n) is 5.07. The molecule has 0 spiro atoms. The number of rotatable bonds is 11. The van der Waals surface area contributed by atoms with Gasteiger partial charge in [-0.05, 0) is 56.1 Å². The second-order valence-electron chi connectivity index (χ2n) is 7.34. The quantitative estimate of drug-likeness (QED) is 0.459. The highest BCUT2D eigenvalue weighted by atomic mass is 35.5. The van der Waals surface area contributed by atoms with E-state index in [1.165, 1.54) is 6.07 Å². The van der Waals surface area contributed by atoms with Crippen molar-refractivity contribution in [2.75, 3.05) is 26.2 Å². The summed E-state index contributed by atoms with van der Waals surface area (Å²) in [5, 5.41) is 4.05. The molecular weight excluding hydrogens is 442 g/mol. The Morgan fingerprint density at radius 3 is 2.74 bits per heavy atom. The molecule has 0 bridgehead atoms. The van der Waals surface area contributed by atoms with Crippen LogP contribution in [0.2, 0.25) is 10.0 Å². The van der Waals surface area contributed by atoms with Crippen LogP contribution in [-0.4, -0.2) is 37.0 Å². The van der Waals surface area contributed by atoms with Crippen molar-refractivity contribution in [3.05, 3.63) is 57.3 Å². The maximum atomic E-state index is 14.0. The first-order chi connectivity index (χ1) is 15.0. The van der Waals surface area contributed by atoms with E-state index in [1.54, 1.807) is 18.2 Å². The second-order valence-corrected chi connectivity index (χ2v) is 8.16. The fourth-order valence-corrected chi connectivity index (χ4v) is 4.01. The Balaban J connectivity index is 1.58. The van der Waals surface area contributed by atoms with Gasteiger partial charge in [0.15, 0.2) is 11.5 Å². The number of carbonyl (C=O) groups excluding carboxylic acids is 1. The Morgan fingerprint density at radius 2 is 2.03 bits per heavy atom. The van der Waals surface area contributed by atoms with Crippen molar-refractivity contribution < 1.29 is 18.7 Å². The van der Waals surface area contributed by atoms with Crippen molar-refractivity contribution in [1.29, 1.82) is 0 Å². The molecule has 0 radical (unpaired) electrons. The van der Waals surface area contributed by atoms with Gasteiger partial charge in [-0.1, -0.05) is 29.3 Å². The molecule has 0 atom stereocenters. The summed E-state index contributed by atoms with van der Waals surface area (Å²) in [6, 6.07) is 8.17. The zero-order chi connectivity index (χ0) is 22.2. The predicted molar refractivity (Wildman–Crippen MR) is 121 cm³/mol. The van der Waals surface area contributed by atoms with Gasteiger partial charge in [0.1, 0.15) is 12.4 Å². The lowest BCUT2D eigenvalue weighted by atomic mass is 10.2. The maximum Gasteiger partial charge on any atom is 0.222 e. The van der Waals surface area contributed by atoms with Gasteiger partial charge < -0.3 is 19.7 Å². The molecule has 0 aromatic heterocycles. The number of carbonyl (C=O) groups is 1. The number of benzene rings is 2. The van der Waals surface area contributed by atoms with Crippen LogP contribution in [0.1, 0.15) is 37.3 Å². The first kappa shape index (κ1) is 23.6. The standard InChI is InChI=1S/C23H27Cl2FN2O3/c1-2-30-21-13-16(14-27-9-5-11-28-10-4-8-22(28)29)12-19(25)23(21)31-15-17-18(24)6-3-7-20(17)26/h3,6-7,12-13,27H,2,4-5,8-11,14-15H2,1H3. The van der Waals surface area contributed by atoms with Gasteiger partial charge in [-0.2, -0.15) is 0 Å². The summed E-state index contributed by atoms with van der Waals surface area (Å²) in [6.07, 6.45) is 2.52. The summed E-state index contributed by atoms with van der Waals surface area (Å²) in [7, 11) is 0. The van der Waals surface area contributed by atoms with E-state index in [1.807, 2.05) is 17.9 Å². The molecule has 0 unspecified atom stereocenters. The Hall–Kier alpha value is -2.02. The molecule has 0 aliphatic carbocycles. The zero-order valence-corrected chi connectivity index (χ0v) is 19.1. The van der Waals surface area contributed by atoms with E-state index in [0.717, 1.165) is 38.0 Å². The number of hydrogen-bond acceptors (Lipinski definition) is 4. The lowest BCUT2D eigenvalue weighted by molar-refractivity contribution is -0.127. The Morgan fingerprint density at radius 1 is 1.19 bits per heavy atom. The minimum Gasteiger partial charge on any atom is -0.490 e. The van der Waals surface area contributed by atoms with Crippen molar-refractivity contribution in [2.24, 2.45) is 0 Å². The van der Waals surface area contributed by atoms with Gasteiger partial charge in [0.25, 0.3) is 0 Å². The summed E-state index contributed by atoms with van der Waals surface area (Å²) in [5.41, 5.74) is 1.21. The van der Waals surface area contributed by atoms with E-state index in [2.05, 4.69) is 5.32 Å². The van der Waals surface area contributed by atoms with E-state index in [4.69, 9.17) is 32.7 Å². The number of nitrogens with one attached hydrogen (secondary N) is 1. The molecule has 1 aliphatic heterocycles. The minimum absolute atomic E-state index is 0.0574. The van der Waals surface area contributed by atoms with Crippen LogP contribution in [0.15, 0.2) is 30.3 Å². The Kier molecular flexibility index (Phi) is 8.81. The lowest BCUT2D eigenvalue weighted by Crippen LogP contribution is -2.28. The number of ether oxygens (including phenoxy) is 2. The average Bonchev–Trinajstić information content (AvgIpc) is 3.14. The molecule has 1 N–H and O–H groups in total. The molecule has 2 aromatic rings. The SMILES string of the molecule is CCOc1cc(CNCCCN2CCCC2=O)cc(Cl)c1OCc1c(F)cccc1Cl. The van der Waals surface area contributed by atoms with Gasteiger partial charge in [-0.15, -0.1) is 0 Å². The van der Waals surface area contributed by atoms with Gasteiger partial charge in [-0.25, -0.2) is 4.39 Å². The molecule has 2 aromatic carbocycles.